The fraction of sp³-hybridized carbons (Fsp3) is 0.469. The normalized spacial score (nSPS) is 18.8. The Balaban J connectivity index is 1.18. The van der Waals surface area contributed by atoms with Crippen molar-refractivity contribution in [1.29, 1.82) is 0 Å². The number of carbonyl (C=O) groups excluding carboxylic acids is 2. The third-order valence-electron chi connectivity index (χ3n) is 8.71. The fourth-order valence-corrected chi connectivity index (χ4v) is 6.89. The minimum Gasteiger partial charge on any atom is -0.343 e. The molecule has 6 rings (SSSR count). The highest BCUT2D eigenvalue weighted by atomic mass is 35.5. The number of benzene rings is 1. The second-order valence-corrected chi connectivity index (χ2v) is 13.4. The fourth-order valence-electron chi connectivity index (χ4n) is 6.61. The molecule has 1 atom stereocenters. The third kappa shape index (κ3) is 5.67. The molecule has 9 nitrogen and oxygen atoms in total. The van der Waals surface area contributed by atoms with Crippen LogP contribution in [0, 0.1) is 11.3 Å². The molecule has 220 valence electrons. The van der Waals surface area contributed by atoms with Gasteiger partial charge < -0.3 is 14.8 Å². The van der Waals surface area contributed by atoms with E-state index in [0.29, 0.717) is 56.9 Å². The van der Waals surface area contributed by atoms with Crippen molar-refractivity contribution < 1.29 is 9.59 Å². The lowest BCUT2D eigenvalue weighted by molar-refractivity contribution is -0.143. The van der Waals surface area contributed by atoms with Crippen LogP contribution in [0.25, 0.3) is 21.8 Å². The lowest BCUT2D eigenvalue weighted by Gasteiger charge is -2.36. The summed E-state index contributed by atoms with van der Waals surface area (Å²) in [7, 11) is 0. The van der Waals surface area contributed by atoms with Crippen LogP contribution >= 0.6 is 11.6 Å². The number of fused-ring (bicyclic) bond motifs is 4. The highest BCUT2D eigenvalue weighted by Crippen LogP contribution is 2.35. The van der Waals surface area contributed by atoms with Gasteiger partial charge >= 0.3 is 0 Å². The van der Waals surface area contributed by atoms with Gasteiger partial charge in [-0.2, -0.15) is 5.10 Å². The van der Waals surface area contributed by atoms with Crippen molar-refractivity contribution in [3.05, 3.63) is 68.9 Å². The maximum atomic E-state index is 14.0. The second kappa shape index (κ2) is 11.2. The molecule has 0 spiro atoms. The lowest BCUT2D eigenvalue weighted by atomic mass is 9.86. The van der Waals surface area contributed by atoms with Gasteiger partial charge in [-0.05, 0) is 66.3 Å². The summed E-state index contributed by atoms with van der Waals surface area (Å²) in [6.45, 7) is 8.54. The van der Waals surface area contributed by atoms with Gasteiger partial charge in [0.25, 0.3) is 5.56 Å². The van der Waals surface area contributed by atoms with E-state index in [2.05, 4.69) is 40.9 Å². The summed E-state index contributed by atoms with van der Waals surface area (Å²) >= 11 is 6.58. The van der Waals surface area contributed by atoms with Gasteiger partial charge in [0.05, 0.1) is 22.3 Å². The molecule has 0 aliphatic carbocycles. The van der Waals surface area contributed by atoms with Gasteiger partial charge in [-0.3, -0.25) is 24.5 Å². The number of likely N-dealkylation sites (tertiary alicyclic amines) is 1. The molecule has 0 saturated carbocycles. The zero-order chi connectivity index (χ0) is 29.6. The first-order valence-corrected chi connectivity index (χ1v) is 15.1. The molecule has 5 heterocycles. The number of hydrogen-bond donors (Lipinski definition) is 2. The number of nitrogens with zero attached hydrogens (tertiary/aromatic N) is 4. The van der Waals surface area contributed by atoms with Crippen LogP contribution in [0.3, 0.4) is 0 Å². The average Bonchev–Trinajstić information content (AvgIpc) is 3.45. The van der Waals surface area contributed by atoms with Crippen molar-refractivity contribution in [2.75, 3.05) is 19.6 Å². The lowest BCUT2D eigenvalue weighted by Crippen LogP contribution is -2.45. The molecule has 10 heteroatoms. The van der Waals surface area contributed by atoms with Crippen LogP contribution < -0.4 is 5.56 Å². The second-order valence-electron chi connectivity index (χ2n) is 13.0. The number of pyridine rings is 2. The van der Waals surface area contributed by atoms with Crippen molar-refractivity contribution >= 4 is 45.2 Å². The van der Waals surface area contributed by atoms with Crippen LogP contribution in [0.4, 0.5) is 0 Å². The Morgan fingerprint density at radius 1 is 1.12 bits per heavy atom. The Morgan fingerprint density at radius 2 is 1.90 bits per heavy atom. The van der Waals surface area contributed by atoms with Crippen LogP contribution in [0.5, 0.6) is 0 Å². The number of aromatic amines is 2. The van der Waals surface area contributed by atoms with Crippen LogP contribution in [0.2, 0.25) is 5.02 Å². The van der Waals surface area contributed by atoms with Gasteiger partial charge in [-0.1, -0.05) is 32.4 Å². The molecule has 2 aliphatic rings. The summed E-state index contributed by atoms with van der Waals surface area (Å²) in [5.41, 5.74) is 4.31. The van der Waals surface area contributed by atoms with Crippen molar-refractivity contribution in [1.82, 2.24) is 30.0 Å². The predicted octanol–water partition coefficient (Wildman–Crippen LogP) is 5.19. The number of aryl methyl sites for hydroxylation is 1. The Kier molecular flexibility index (Phi) is 7.55. The van der Waals surface area contributed by atoms with E-state index in [1.807, 2.05) is 21.9 Å². The molecule has 0 bridgehead atoms. The minimum atomic E-state index is -0.402. The first kappa shape index (κ1) is 28.4. The molecule has 1 aromatic carbocycles. The number of rotatable bonds is 4. The smallest absolute Gasteiger partial charge is 0.251 e. The standard InChI is InChI=1S/C32H37ClN6O3/c1-32(2,3)18-39-17-25-20(13-26(33)29-24(25)16-35-37-29)4-5-21(31(39)42)14-28(40)38-10-7-19(8-11-38)23-12-22-15-34-9-6-27(22)36-30(23)41/h6,9,12-13,15-16,19,21H,4-5,7-8,10-11,14,17-18H2,1-3H3,(H,35,37)(H,36,41)/t21-/m0/s1. The summed E-state index contributed by atoms with van der Waals surface area (Å²) in [6, 6.07) is 5.71. The monoisotopic (exact) mass is 588 g/mol. The zero-order valence-corrected chi connectivity index (χ0v) is 25.1. The SMILES string of the molecule is CC(C)(C)CN1Cc2c(cc(Cl)c3[nH]ncc23)CC[C@@H](CC(=O)N2CCC(c3cc4cnccc4[nH]c3=O)CC2)C1=O. The summed E-state index contributed by atoms with van der Waals surface area (Å²) in [6.07, 6.45) is 8.06. The van der Waals surface area contributed by atoms with E-state index in [0.717, 1.165) is 38.5 Å². The van der Waals surface area contributed by atoms with Gasteiger partial charge in [0.15, 0.2) is 0 Å². The molecule has 0 radical (unpaired) electrons. The van der Waals surface area contributed by atoms with Gasteiger partial charge in [0, 0.05) is 67.2 Å². The van der Waals surface area contributed by atoms with Gasteiger partial charge in [-0.25, -0.2) is 0 Å². The largest absolute Gasteiger partial charge is 0.343 e. The van der Waals surface area contributed by atoms with Crippen molar-refractivity contribution in [3.63, 3.8) is 0 Å². The summed E-state index contributed by atoms with van der Waals surface area (Å²) in [5, 5.41) is 9.67. The predicted molar refractivity (Wildman–Crippen MR) is 163 cm³/mol. The van der Waals surface area contributed by atoms with Gasteiger partial charge in [0.1, 0.15) is 0 Å². The number of halogens is 1. The van der Waals surface area contributed by atoms with Crippen molar-refractivity contribution in [3.8, 4) is 0 Å². The molecule has 42 heavy (non-hydrogen) atoms. The number of amides is 2. The van der Waals surface area contributed by atoms with E-state index >= 15 is 0 Å². The molecule has 3 aromatic heterocycles. The third-order valence-corrected chi connectivity index (χ3v) is 9.01. The Labute approximate surface area is 249 Å². The number of piperidine rings is 1. The number of nitrogens with one attached hydrogen (secondary N) is 2. The number of carbonyl (C=O) groups is 2. The van der Waals surface area contributed by atoms with E-state index in [1.54, 1.807) is 24.7 Å². The molecule has 1 fully saturated rings. The Morgan fingerprint density at radius 3 is 2.67 bits per heavy atom. The van der Waals surface area contributed by atoms with Gasteiger partial charge in [-0.15, -0.1) is 0 Å². The van der Waals surface area contributed by atoms with E-state index < -0.39 is 5.92 Å². The molecule has 0 unspecified atom stereocenters. The first-order valence-electron chi connectivity index (χ1n) is 14.7. The maximum Gasteiger partial charge on any atom is 0.251 e. The molecule has 1 saturated heterocycles. The molecule has 2 N–H and O–H groups in total. The number of H-pyrrole nitrogens is 2. The highest BCUT2D eigenvalue weighted by Gasteiger charge is 2.34. The average molecular weight is 589 g/mol. The van der Waals surface area contributed by atoms with Gasteiger partial charge in [0.2, 0.25) is 11.8 Å². The highest BCUT2D eigenvalue weighted by molar-refractivity contribution is 6.35. The molecular formula is C32H37ClN6O3. The van der Waals surface area contributed by atoms with Crippen molar-refractivity contribution in [2.24, 2.45) is 11.3 Å². The maximum absolute atomic E-state index is 14.0. The van der Waals surface area contributed by atoms with Crippen molar-refractivity contribution in [2.45, 2.75) is 65.3 Å². The molecule has 4 aromatic rings. The Hall–Kier alpha value is -3.72. The van der Waals surface area contributed by atoms with E-state index in [9.17, 15) is 14.4 Å². The summed E-state index contributed by atoms with van der Waals surface area (Å²) in [4.78, 5) is 51.3. The molecule has 2 aliphatic heterocycles. The van der Waals surface area contributed by atoms with Crippen LogP contribution in [-0.4, -0.2) is 61.4 Å². The van der Waals surface area contributed by atoms with Crippen LogP contribution in [-0.2, 0) is 22.6 Å². The first-order chi connectivity index (χ1) is 20.1. The number of hydrogen-bond acceptors (Lipinski definition) is 5. The van der Waals surface area contributed by atoms with E-state index in [4.69, 9.17) is 11.6 Å². The summed E-state index contributed by atoms with van der Waals surface area (Å²) < 4.78 is 0. The van der Waals surface area contributed by atoms with Crippen LogP contribution in [0.1, 0.15) is 69.1 Å². The number of aromatic nitrogens is 4. The summed E-state index contributed by atoms with van der Waals surface area (Å²) in [5.74, 6) is -0.293. The van der Waals surface area contributed by atoms with E-state index in [-0.39, 0.29) is 35.1 Å². The minimum absolute atomic E-state index is 0.00301. The zero-order valence-electron chi connectivity index (χ0n) is 24.4. The molecule has 2 amide bonds. The van der Waals surface area contributed by atoms with E-state index in [1.165, 1.54) is 0 Å². The van der Waals surface area contributed by atoms with Crippen LogP contribution in [0.15, 0.2) is 41.6 Å². The molecular weight excluding hydrogens is 552 g/mol. The Bertz CT molecular complexity index is 1710. The topological polar surface area (TPSA) is 115 Å². The quantitative estimate of drug-likeness (QED) is 0.341.